The predicted octanol–water partition coefficient (Wildman–Crippen LogP) is 4.28. The van der Waals surface area contributed by atoms with Crippen molar-refractivity contribution in [1.82, 2.24) is 4.98 Å². The number of rotatable bonds is 6. The molecule has 0 bridgehead atoms. The number of hydrogen-bond donors (Lipinski definition) is 2. The first-order valence-corrected chi connectivity index (χ1v) is 9.87. The zero-order valence-corrected chi connectivity index (χ0v) is 18.0. The highest BCUT2D eigenvalue weighted by Crippen LogP contribution is 2.50. The van der Waals surface area contributed by atoms with E-state index in [1.54, 1.807) is 6.20 Å². The van der Waals surface area contributed by atoms with Crippen molar-refractivity contribution in [2.24, 2.45) is 11.1 Å². The molecular formula is C19H25Cl2N3O2S. The van der Waals surface area contributed by atoms with Crippen LogP contribution in [0.15, 0.2) is 30.5 Å². The average molecular weight is 430 g/mol. The van der Waals surface area contributed by atoms with Crippen LogP contribution in [0.1, 0.15) is 37.6 Å². The summed E-state index contributed by atoms with van der Waals surface area (Å²) in [5.74, 6) is -0.211. The Labute approximate surface area is 175 Å². The summed E-state index contributed by atoms with van der Waals surface area (Å²) in [5, 5.41) is 4.16. The van der Waals surface area contributed by atoms with Gasteiger partial charge in [-0.2, -0.15) is 0 Å². The van der Waals surface area contributed by atoms with Crippen LogP contribution >= 0.6 is 35.3 Å². The van der Waals surface area contributed by atoms with Crippen molar-refractivity contribution in [1.29, 1.82) is 0 Å². The van der Waals surface area contributed by atoms with Crippen molar-refractivity contribution >= 4 is 46.4 Å². The summed E-state index contributed by atoms with van der Waals surface area (Å²) in [5.41, 5.74) is 6.06. The molecule has 0 saturated heterocycles. The quantitative estimate of drug-likeness (QED) is 0.717. The molecule has 1 aliphatic rings. The van der Waals surface area contributed by atoms with Gasteiger partial charge in [0.15, 0.2) is 5.13 Å². The molecule has 0 aliphatic heterocycles. The normalized spacial score (nSPS) is 23.2. The molecule has 5 nitrogen and oxygen atoms in total. The van der Waals surface area contributed by atoms with Crippen LogP contribution in [0, 0.1) is 5.41 Å². The summed E-state index contributed by atoms with van der Waals surface area (Å²) in [6.45, 7) is 6.51. The molecule has 27 heavy (non-hydrogen) atoms. The number of nitrogens with two attached hydrogens (primary N) is 1. The van der Waals surface area contributed by atoms with Crippen molar-refractivity contribution in [3.8, 4) is 0 Å². The second-order valence-electron chi connectivity index (χ2n) is 7.20. The zero-order valence-electron chi connectivity index (χ0n) is 15.6. The number of carbonyl (C=O) groups excluding carboxylic acids is 1. The number of hydrogen-bond acceptors (Lipinski definition) is 5. The van der Waals surface area contributed by atoms with Crippen LogP contribution in [0.5, 0.6) is 0 Å². The van der Waals surface area contributed by atoms with E-state index >= 15 is 0 Å². The van der Waals surface area contributed by atoms with Gasteiger partial charge >= 0.3 is 0 Å². The van der Waals surface area contributed by atoms with Crippen molar-refractivity contribution in [2.45, 2.75) is 45.3 Å². The van der Waals surface area contributed by atoms with Gasteiger partial charge < -0.3 is 15.8 Å². The van der Waals surface area contributed by atoms with E-state index in [0.717, 1.165) is 15.5 Å². The molecule has 1 aliphatic carbocycles. The molecule has 148 valence electrons. The molecule has 3 rings (SSSR count). The Morgan fingerprint density at radius 2 is 2.15 bits per heavy atom. The van der Waals surface area contributed by atoms with Crippen molar-refractivity contribution in [2.75, 3.05) is 11.9 Å². The molecule has 0 radical (unpaired) electrons. The number of aromatic nitrogens is 1. The lowest BCUT2D eigenvalue weighted by Crippen LogP contribution is -2.74. The number of thiazole rings is 1. The summed E-state index contributed by atoms with van der Waals surface area (Å²) < 4.78 is 5.69. The van der Waals surface area contributed by atoms with Gasteiger partial charge in [0.05, 0.1) is 6.10 Å². The smallest absolute Gasteiger partial charge is 0.246 e. The van der Waals surface area contributed by atoms with Gasteiger partial charge in [0.2, 0.25) is 5.91 Å². The summed E-state index contributed by atoms with van der Waals surface area (Å²) >= 11 is 7.65. The monoisotopic (exact) mass is 429 g/mol. The van der Waals surface area contributed by atoms with Crippen molar-refractivity contribution < 1.29 is 9.53 Å². The maximum Gasteiger partial charge on any atom is 0.246 e. The van der Waals surface area contributed by atoms with E-state index in [9.17, 15) is 4.79 Å². The van der Waals surface area contributed by atoms with Gasteiger partial charge in [-0.15, -0.1) is 23.7 Å². The van der Waals surface area contributed by atoms with E-state index < -0.39 is 11.0 Å². The number of amides is 1. The molecule has 8 heteroatoms. The zero-order chi connectivity index (χ0) is 18.9. The standard InChI is InChI=1S/C19H24ClN3O2S.ClH/c1-4-25-15-10-19(21,18(15,2)3)16(24)23-17-22-11-13(26-17)9-12-7-5-6-8-14(12)20;/h5-8,11,15H,4,9-10,21H2,1-3H3,(H,22,23,24);1H. The molecule has 2 unspecified atom stereocenters. The van der Waals surface area contributed by atoms with E-state index in [4.69, 9.17) is 22.1 Å². The minimum Gasteiger partial charge on any atom is -0.378 e. The van der Waals surface area contributed by atoms with Crippen LogP contribution in [-0.4, -0.2) is 29.1 Å². The van der Waals surface area contributed by atoms with E-state index in [1.165, 1.54) is 11.3 Å². The van der Waals surface area contributed by atoms with Crippen LogP contribution < -0.4 is 11.1 Å². The third-order valence-electron chi connectivity index (χ3n) is 5.33. The Morgan fingerprint density at radius 1 is 1.44 bits per heavy atom. The fourth-order valence-electron chi connectivity index (χ4n) is 3.31. The fourth-order valence-corrected chi connectivity index (χ4v) is 4.34. The first-order chi connectivity index (χ1) is 12.3. The number of anilines is 1. The largest absolute Gasteiger partial charge is 0.378 e. The van der Waals surface area contributed by atoms with E-state index in [2.05, 4.69) is 10.3 Å². The maximum atomic E-state index is 12.8. The molecule has 1 aromatic carbocycles. The molecule has 2 atom stereocenters. The lowest BCUT2D eigenvalue weighted by molar-refractivity contribution is -0.166. The van der Waals surface area contributed by atoms with Crippen LogP contribution in [-0.2, 0) is 16.0 Å². The topological polar surface area (TPSA) is 77.2 Å². The molecule has 1 heterocycles. The van der Waals surface area contributed by atoms with Crippen molar-refractivity contribution in [3.05, 3.63) is 45.9 Å². The Bertz CT molecular complexity index is 812. The Hall–Kier alpha value is -1.18. The lowest BCUT2D eigenvalue weighted by atomic mass is 9.54. The highest BCUT2D eigenvalue weighted by Gasteiger charge is 2.63. The highest BCUT2D eigenvalue weighted by atomic mass is 35.5. The molecule has 3 N–H and O–H groups in total. The number of ether oxygens (including phenoxy) is 1. The van der Waals surface area contributed by atoms with Crippen molar-refractivity contribution in [3.63, 3.8) is 0 Å². The molecule has 1 amide bonds. The minimum atomic E-state index is -0.957. The first kappa shape index (κ1) is 22.1. The summed E-state index contributed by atoms with van der Waals surface area (Å²) in [7, 11) is 0. The van der Waals surface area contributed by atoms with Gasteiger partial charge in [0.1, 0.15) is 5.54 Å². The Morgan fingerprint density at radius 3 is 2.78 bits per heavy atom. The van der Waals surface area contributed by atoms with Crippen LogP contribution in [0.3, 0.4) is 0 Å². The minimum absolute atomic E-state index is 0. The average Bonchev–Trinajstić information content (AvgIpc) is 3.03. The van der Waals surface area contributed by atoms with Crippen LogP contribution in [0.2, 0.25) is 5.02 Å². The summed E-state index contributed by atoms with van der Waals surface area (Å²) in [4.78, 5) is 18.1. The maximum absolute atomic E-state index is 12.8. The molecule has 1 saturated carbocycles. The summed E-state index contributed by atoms with van der Waals surface area (Å²) in [6.07, 6.45) is 2.95. The second-order valence-corrected chi connectivity index (χ2v) is 8.72. The number of carbonyl (C=O) groups is 1. The number of nitrogens with one attached hydrogen (secondary N) is 1. The fraction of sp³-hybridized carbons (Fsp3) is 0.474. The third kappa shape index (κ3) is 4.15. The SMILES string of the molecule is CCOC1CC(N)(C(=O)Nc2ncc(Cc3ccccc3Cl)s2)C1(C)C.Cl. The number of halogens is 2. The molecule has 1 aromatic heterocycles. The number of nitrogens with zero attached hydrogens (tertiary/aromatic N) is 1. The Kier molecular flexibility index (Phi) is 6.92. The lowest BCUT2D eigenvalue weighted by Gasteiger charge is -2.57. The molecule has 2 aromatic rings. The Balaban J connectivity index is 0.00000261. The predicted molar refractivity (Wildman–Crippen MR) is 113 cm³/mol. The molecular weight excluding hydrogens is 405 g/mol. The van der Waals surface area contributed by atoms with Crippen LogP contribution in [0.4, 0.5) is 5.13 Å². The van der Waals surface area contributed by atoms with Gasteiger partial charge in [0, 0.05) is 41.0 Å². The second kappa shape index (κ2) is 8.45. The molecule has 0 spiro atoms. The van der Waals surface area contributed by atoms with Crippen LogP contribution in [0.25, 0.3) is 0 Å². The highest BCUT2D eigenvalue weighted by molar-refractivity contribution is 7.15. The summed E-state index contributed by atoms with van der Waals surface area (Å²) in [6, 6.07) is 7.71. The third-order valence-corrected chi connectivity index (χ3v) is 6.61. The number of benzene rings is 1. The van der Waals surface area contributed by atoms with Gasteiger partial charge in [-0.3, -0.25) is 4.79 Å². The van der Waals surface area contributed by atoms with Gasteiger partial charge in [-0.25, -0.2) is 4.98 Å². The van der Waals surface area contributed by atoms with E-state index in [-0.39, 0.29) is 24.4 Å². The van der Waals surface area contributed by atoms with Gasteiger partial charge in [-0.1, -0.05) is 43.6 Å². The van der Waals surface area contributed by atoms with E-state index in [1.807, 2.05) is 45.0 Å². The van der Waals surface area contributed by atoms with Gasteiger partial charge in [0.25, 0.3) is 0 Å². The first-order valence-electron chi connectivity index (χ1n) is 8.68. The van der Waals surface area contributed by atoms with E-state index in [0.29, 0.717) is 24.6 Å². The van der Waals surface area contributed by atoms with Gasteiger partial charge in [-0.05, 0) is 18.6 Å². The molecule has 1 fully saturated rings.